The van der Waals surface area contributed by atoms with Crippen molar-refractivity contribution in [3.8, 4) is 22.3 Å². The molecule has 0 N–H and O–H groups in total. The van der Waals surface area contributed by atoms with Gasteiger partial charge in [0.2, 0.25) is 0 Å². The van der Waals surface area contributed by atoms with Crippen LogP contribution in [-0.2, 0) is 5.41 Å². The summed E-state index contributed by atoms with van der Waals surface area (Å²) in [6.45, 7) is 9.17. The largest absolute Gasteiger partial charge is 0.345 e. The number of nitrogens with zero attached hydrogens (tertiary/aromatic N) is 2. The average molecular weight is 663 g/mol. The van der Waals surface area contributed by atoms with Gasteiger partial charge in [-0.25, -0.2) is 0 Å². The van der Waals surface area contributed by atoms with Crippen molar-refractivity contribution in [1.82, 2.24) is 0 Å². The summed E-state index contributed by atoms with van der Waals surface area (Å²) in [6.07, 6.45) is 0. The Labute approximate surface area is 304 Å². The second-order valence-electron chi connectivity index (χ2n) is 14.0. The fourth-order valence-corrected chi connectivity index (χ4v) is 7.05. The average Bonchev–Trinajstić information content (AvgIpc) is 3.19. The third kappa shape index (κ3) is 6.96. The molecule has 0 spiro atoms. The third-order valence-electron chi connectivity index (χ3n) is 10.6. The number of anilines is 5. The van der Waals surface area contributed by atoms with Crippen molar-refractivity contribution in [1.29, 1.82) is 0 Å². The number of rotatable bonds is 10. The van der Waals surface area contributed by atoms with Crippen molar-refractivity contribution in [2.45, 2.75) is 33.1 Å². The summed E-state index contributed by atoms with van der Waals surface area (Å²) in [6, 6.07) is 65.9. The van der Waals surface area contributed by atoms with Crippen LogP contribution in [0.25, 0.3) is 22.3 Å². The zero-order chi connectivity index (χ0) is 35.4. The molecule has 0 heterocycles. The van der Waals surface area contributed by atoms with Gasteiger partial charge < -0.3 is 9.80 Å². The molecule has 7 rings (SSSR count). The lowest BCUT2D eigenvalue weighted by Crippen LogP contribution is -2.30. The summed E-state index contributed by atoms with van der Waals surface area (Å²) in [5, 5.41) is 0. The molecule has 0 saturated heterocycles. The molecule has 0 aromatic heterocycles. The van der Waals surface area contributed by atoms with Crippen molar-refractivity contribution in [3.05, 3.63) is 199 Å². The Balaban J connectivity index is 1.14. The van der Waals surface area contributed by atoms with Crippen LogP contribution in [0.2, 0.25) is 0 Å². The molecule has 0 saturated carbocycles. The zero-order valence-electron chi connectivity index (χ0n) is 30.3. The first-order chi connectivity index (χ1) is 24.8. The van der Waals surface area contributed by atoms with E-state index in [2.05, 4.69) is 227 Å². The van der Waals surface area contributed by atoms with E-state index in [1.807, 2.05) is 0 Å². The molecule has 7 aromatic carbocycles. The van der Waals surface area contributed by atoms with Crippen molar-refractivity contribution in [2.75, 3.05) is 16.8 Å². The number of hydrogen-bond donors (Lipinski definition) is 0. The quantitative estimate of drug-likeness (QED) is 0.144. The summed E-state index contributed by atoms with van der Waals surface area (Å²) in [5.41, 5.74) is 14.4. The van der Waals surface area contributed by atoms with Crippen LogP contribution in [0.5, 0.6) is 0 Å². The fourth-order valence-electron chi connectivity index (χ4n) is 7.05. The summed E-state index contributed by atoms with van der Waals surface area (Å²) < 4.78 is 0. The van der Waals surface area contributed by atoms with E-state index in [4.69, 9.17) is 0 Å². The Hall–Kier alpha value is -5.86. The van der Waals surface area contributed by atoms with Gasteiger partial charge in [-0.3, -0.25) is 0 Å². The lowest BCUT2D eigenvalue weighted by molar-refractivity contribution is 0.405. The molecule has 2 heteroatoms. The van der Waals surface area contributed by atoms with Gasteiger partial charge in [-0.2, -0.15) is 0 Å². The maximum Gasteiger partial charge on any atom is 0.0463 e. The summed E-state index contributed by atoms with van der Waals surface area (Å²) in [7, 11) is 2.11. The highest BCUT2D eigenvalue weighted by atomic mass is 15.1. The van der Waals surface area contributed by atoms with Gasteiger partial charge in [0.15, 0.2) is 0 Å². The number of benzene rings is 7. The molecule has 0 aliphatic carbocycles. The van der Waals surface area contributed by atoms with E-state index in [9.17, 15) is 0 Å². The highest BCUT2D eigenvalue weighted by Gasteiger charge is 2.32. The first kappa shape index (κ1) is 33.6. The van der Waals surface area contributed by atoms with Gasteiger partial charge >= 0.3 is 0 Å². The van der Waals surface area contributed by atoms with Gasteiger partial charge in [0.05, 0.1) is 0 Å². The standard InChI is InChI=1S/C49H46N2/c1-36(2)49(4,42-26-20-39(21-27-42)38-18-16-37(3)17-19-38)43-28-22-40(23-29-43)41-24-30-47(31-25-41)51(46-14-10-7-11-15-46)48-34-32-45(33-35-48)50(5)44-12-8-6-9-13-44/h6-36H,1-5H3. The van der Waals surface area contributed by atoms with Crippen molar-refractivity contribution >= 4 is 28.4 Å². The molecule has 0 fully saturated rings. The van der Waals surface area contributed by atoms with Crippen molar-refractivity contribution in [2.24, 2.45) is 5.92 Å². The van der Waals surface area contributed by atoms with Gasteiger partial charge in [-0.1, -0.05) is 148 Å². The topological polar surface area (TPSA) is 6.48 Å². The van der Waals surface area contributed by atoms with Crippen LogP contribution in [0.4, 0.5) is 28.4 Å². The normalized spacial score (nSPS) is 12.4. The number of hydrogen-bond acceptors (Lipinski definition) is 2. The molecule has 0 bridgehead atoms. The van der Waals surface area contributed by atoms with Crippen molar-refractivity contribution < 1.29 is 0 Å². The van der Waals surface area contributed by atoms with E-state index in [0.717, 1.165) is 28.4 Å². The second-order valence-corrected chi connectivity index (χ2v) is 14.0. The predicted molar refractivity (Wildman–Crippen MR) is 219 cm³/mol. The van der Waals surface area contributed by atoms with E-state index in [1.165, 1.54) is 38.9 Å². The zero-order valence-corrected chi connectivity index (χ0v) is 30.3. The van der Waals surface area contributed by atoms with Gasteiger partial charge in [-0.15, -0.1) is 0 Å². The first-order valence-corrected chi connectivity index (χ1v) is 17.9. The molecular formula is C49H46N2. The van der Waals surface area contributed by atoms with Crippen LogP contribution >= 0.6 is 0 Å². The molecule has 1 atom stereocenters. The van der Waals surface area contributed by atoms with Gasteiger partial charge in [0.25, 0.3) is 0 Å². The second kappa shape index (κ2) is 14.5. The van der Waals surface area contributed by atoms with E-state index < -0.39 is 0 Å². The lowest BCUT2D eigenvalue weighted by Gasteiger charge is -2.35. The lowest BCUT2D eigenvalue weighted by atomic mass is 9.68. The Morgan fingerprint density at radius 2 is 0.706 bits per heavy atom. The Morgan fingerprint density at radius 1 is 0.392 bits per heavy atom. The Bertz CT molecular complexity index is 2150. The number of para-hydroxylation sites is 2. The van der Waals surface area contributed by atoms with Crippen molar-refractivity contribution in [3.63, 3.8) is 0 Å². The van der Waals surface area contributed by atoms with Crippen LogP contribution in [0, 0.1) is 12.8 Å². The third-order valence-corrected chi connectivity index (χ3v) is 10.6. The van der Waals surface area contributed by atoms with Crippen LogP contribution < -0.4 is 9.80 Å². The maximum absolute atomic E-state index is 2.38. The van der Waals surface area contributed by atoms with E-state index in [-0.39, 0.29) is 5.41 Å². The molecule has 7 aromatic rings. The molecular weight excluding hydrogens is 617 g/mol. The molecule has 0 aliphatic rings. The fraction of sp³-hybridized carbons (Fsp3) is 0.143. The minimum absolute atomic E-state index is 0.115. The highest BCUT2D eigenvalue weighted by molar-refractivity contribution is 5.79. The SMILES string of the molecule is Cc1ccc(-c2ccc(C(C)(c3ccc(-c4ccc(N(c5ccccc5)c5ccc(N(C)c6ccccc6)cc5)cc4)cc3)C(C)C)cc2)cc1. The molecule has 2 nitrogen and oxygen atoms in total. The minimum Gasteiger partial charge on any atom is -0.345 e. The predicted octanol–water partition coefficient (Wildman–Crippen LogP) is 13.5. The Kier molecular flexibility index (Phi) is 9.59. The van der Waals surface area contributed by atoms with Gasteiger partial charge in [0.1, 0.15) is 0 Å². The highest BCUT2D eigenvalue weighted by Crippen LogP contribution is 2.41. The van der Waals surface area contributed by atoms with Crippen LogP contribution in [0.3, 0.4) is 0 Å². The van der Waals surface area contributed by atoms with Crippen LogP contribution in [0.15, 0.2) is 182 Å². The molecule has 0 radical (unpaired) electrons. The summed E-state index contributed by atoms with van der Waals surface area (Å²) >= 11 is 0. The number of aryl methyl sites for hydroxylation is 1. The van der Waals surface area contributed by atoms with E-state index in [0.29, 0.717) is 5.92 Å². The van der Waals surface area contributed by atoms with E-state index in [1.54, 1.807) is 0 Å². The molecule has 0 amide bonds. The molecule has 252 valence electrons. The first-order valence-electron chi connectivity index (χ1n) is 17.9. The minimum atomic E-state index is -0.115. The monoisotopic (exact) mass is 662 g/mol. The maximum atomic E-state index is 2.38. The smallest absolute Gasteiger partial charge is 0.0463 e. The molecule has 0 aliphatic heterocycles. The van der Waals surface area contributed by atoms with Gasteiger partial charge in [0, 0.05) is 40.9 Å². The molecule has 51 heavy (non-hydrogen) atoms. The van der Waals surface area contributed by atoms with Crippen LogP contribution in [0.1, 0.15) is 37.5 Å². The van der Waals surface area contributed by atoms with E-state index >= 15 is 0 Å². The molecule has 1 unspecified atom stereocenters. The summed E-state index contributed by atoms with van der Waals surface area (Å²) in [5.74, 6) is 0.421. The van der Waals surface area contributed by atoms with Crippen LogP contribution in [-0.4, -0.2) is 7.05 Å². The Morgan fingerprint density at radius 3 is 1.14 bits per heavy atom. The van der Waals surface area contributed by atoms with Gasteiger partial charge in [-0.05, 0) is 107 Å². The summed E-state index contributed by atoms with van der Waals surface area (Å²) in [4.78, 5) is 4.53.